The molecule has 2 N–H and O–H groups in total. The van der Waals surface area contributed by atoms with Crippen molar-refractivity contribution in [2.24, 2.45) is 0 Å². The highest BCUT2D eigenvalue weighted by atomic mass is 35.5. The summed E-state index contributed by atoms with van der Waals surface area (Å²) in [4.78, 5) is 9.85. The first-order chi connectivity index (χ1) is 9.15. The van der Waals surface area contributed by atoms with Gasteiger partial charge in [0.1, 0.15) is 5.02 Å². The molecule has 0 fully saturated rings. The van der Waals surface area contributed by atoms with Crippen LogP contribution in [-0.4, -0.2) is 31.1 Å². The van der Waals surface area contributed by atoms with Gasteiger partial charge in [-0.2, -0.15) is 0 Å². The minimum atomic E-state index is -3.88. The van der Waals surface area contributed by atoms with Gasteiger partial charge in [-0.05, 0) is 31.9 Å². The van der Waals surface area contributed by atoms with Crippen LogP contribution in [0.3, 0.4) is 0 Å². The zero-order chi connectivity index (χ0) is 15.5. The maximum absolute atomic E-state index is 12.1. The Morgan fingerprint density at radius 3 is 2.60 bits per heavy atom. The molecule has 0 radical (unpaired) electrons. The Morgan fingerprint density at radius 1 is 1.50 bits per heavy atom. The molecule has 0 bridgehead atoms. The summed E-state index contributed by atoms with van der Waals surface area (Å²) in [5, 5.41) is 19.8. The molecule has 0 saturated carbocycles. The molecule has 0 saturated heterocycles. The molecule has 0 aliphatic carbocycles. The molecule has 9 heteroatoms. The van der Waals surface area contributed by atoms with E-state index in [-0.39, 0.29) is 22.9 Å². The van der Waals surface area contributed by atoms with Crippen molar-refractivity contribution in [3.63, 3.8) is 0 Å². The van der Waals surface area contributed by atoms with Gasteiger partial charge in [0, 0.05) is 12.6 Å². The molecule has 112 valence electrons. The van der Waals surface area contributed by atoms with Crippen LogP contribution < -0.4 is 4.72 Å². The fourth-order valence-corrected chi connectivity index (χ4v) is 3.13. The third-order valence-electron chi connectivity index (χ3n) is 2.58. The fourth-order valence-electron chi connectivity index (χ4n) is 1.55. The van der Waals surface area contributed by atoms with Crippen molar-refractivity contribution in [3.05, 3.63) is 32.8 Å². The number of benzene rings is 1. The maximum atomic E-state index is 12.1. The lowest BCUT2D eigenvalue weighted by molar-refractivity contribution is -0.384. The van der Waals surface area contributed by atoms with Crippen molar-refractivity contribution in [2.45, 2.75) is 31.3 Å². The van der Waals surface area contributed by atoms with Crippen LogP contribution in [-0.2, 0) is 10.0 Å². The molecule has 1 atom stereocenters. The van der Waals surface area contributed by atoms with Crippen LogP contribution in [0.1, 0.15) is 18.9 Å². The summed E-state index contributed by atoms with van der Waals surface area (Å²) in [6.45, 7) is 3.07. The average Bonchev–Trinajstić information content (AvgIpc) is 2.26. The van der Waals surface area contributed by atoms with Gasteiger partial charge in [-0.25, -0.2) is 13.1 Å². The van der Waals surface area contributed by atoms with Crippen LogP contribution in [0.5, 0.6) is 0 Å². The molecule has 0 spiro atoms. The van der Waals surface area contributed by atoms with E-state index in [1.54, 1.807) is 0 Å². The summed E-state index contributed by atoms with van der Waals surface area (Å²) in [5.41, 5.74) is -0.154. The highest BCUT2D eigenvalue weighted by Gasteiger charge is 2.23. The molecular weight excluding hydrogens is 308 g/mol. The van der Waals surface area contributed by atoms with Gasteiger partial charge < -0.3 is 5.11 Å². The molecule has 0 aromatic heterocycles. The average molecular weight is 323 g/mol. The molecule has 0 aliphatic heterocycles. The van der Waals surface area contributed by atoms with E-state index in [0.717, 1.165) is 6.07 Å². The lowest BCUT2D eigenvalue weighted by atomic mass is 10.2. The standard InChI is InChI=1S/C11H15ClN2O5S/c1-7-5-9(12)10(14(16)17)6-11(7)20(18,19)13-4-3-8(2)15/h5-6,8,13,15H,3-4H2,1-2H3. The number of aryl methyl sites for hydroxylation is 1. The number of rotatable bonds is 6. The predicted octanol–water partition coefficient (Wildman–Crippen LogP) is 1.61. The van der Waals surface area contributed by atoms with E-state index in [0.29, 0.717) is 5.56 Å². The summed E-state index contributed by atoms with van der Waals surface area (Å²) < 4.78 is 26.4. The molecular formula is C11H15ClN2O5S. The van der Waals surface area contributed by atoms with Crippen molar-refractivity contribution in [1.82, 2.24) is 4.72 Å². The van der Waals surface area contributed by atoms with E-state index in [9.17, 15) is 18.5 Å². The quantitative estimate of drug-likeness (QED) is 0.610. The highest BCUT2D eigenvalue weighted by Crippen LogP contribution is 2.29. The van der Waals surface area contributed by atoms with Crippen LogP contribution in [0.25, 0.3) is 0 Å². The van der Waals surface area contributed by atoms with Gasteiger partial charge in [0.25, 0.3) is 5.69 Å². The molecule has 1 rings (SSSR count). The smallest absolute Gasteiger partial charge is 0.289 e. The zero-order valence-corrected chi connectivity index (χ0v) is 12.5. The number of sulfonamides is 1. The molecule has 0 heterocycles. The summed E-state index contributed by atoms with van der Waals surface area (Å²) >= 11 is 5.70. The Labute approximate surface area is 121 Å². The van der Waals surface area contributed by atoms with Crippen molar-refractivity contribution >= 4 is 27.3 Å². The van der Waals surface area contributed by atoms with E-state index in [4.69, 9.17) is 16.7 Å². The number of nitrogens with one attached hydrogen (secondary N) is 1. The topological polar surface area (TPSA) is 110 Å². The third kappa shape index (κ3) is 4.14. The van der Waals surface area contributed by atoms with Crippen molar-refractivity contribution in [3.8, 4) is 0 Å². The molecule has 7 nitrogen and oxygen atoms in total. The predicted molar refractivity (Wildman–Crippen MR) is 74.3 cm³/mol. The third-order valence-corrected chi connectivity index (χ3v) is 4.49. The summed E-state index contributed by atoms with van der Waals surface area (Å²) in [6.07, 6.45) is -0.396. The van der Waals surface area contributed by atoms with E-state index in [2.05, 4.69) is 4.72 Å². The second kappa shape index (κ2) is 6.49. The largest absolute Gasteiger partial charge is 0.393 e. The van der Waals surface area contributed by atoms with Crippen molar-refractivity contribution < 1.29 is 18.4 Å². The molecule has 1 unspecified atom stereocenters. The molecule has 20 heavy (non-hydrogen) atoms. The van der Waals surface area contributed by atoms with Gasteiger partial charge in [-0.1, -0.05) is 11.6 Å². The zero-order valence-electron chi connectivity index (χ0n) is 11.0. The van der Waals surface area contributed by atoms with Gasteiger partial charge in [0.2, 0.25) is 10.0 Å². The van der Waals surface area contributed by atoms with E-state index in [1.807, 2.05) is 0 Å². The minimum absolute atomic E-state index is 0.0376. The van der Waals surface area contributed by atoms with Gasteiger partial charge >= 0.3 is 0 Å². The van der Waals surface area contributed by atoms with Crippen LogP contribution in [0.4, 0.5) is 5.69 Å². The lowest BCUT2D eigenvalue weighted by Gasteiger charge is -2.10. The van der Waals surface area contributed by atoms with Crippen LogP contribution in [0, 0.1) is 17.0 Å². The molecule has 0 aliphatic rings. The Bertz CT molecular complexity index is 615. The number of halogens is 1. The first kappa shape index (κ1) is 16.8. The molecule has 0 amide bonds. The summed E-state index contributed by atoms with van der Waals surface area (Å²) in [5.74, 6) is 0. The second-order valence-electron chi connectivity index (χ2n) is 4.36. The van der Waals surface area contributed by atoms with E-state index in [1.165, 1.54) is 19.9 Å². The monoisotopic (exact) mass is 322 g/mol. The Hall–Kier alpha value is -1.22. The minimum Gasteiger partial charge on any atom is -0.393 e. The fraction of sp³-hybridized carbons (Fsp3) is 0.455. The second-order valence-corrected chi connectivity index (χ2v) is 6.50. The van der Waals surface area contributed by atoms with E-state index < -0.39 is 26.7 Å². The number of hydrogen-bond acceptors (Lipinski definition) is 5. The number of nitrogens with zero attached hydrogens (tertiary/aromatic N) is 1. The van der Waals surface area contributed by atoms with Gasteiger partial charge in [-0.15, -0.1) is 0 Å². The number of nitro benzene ring substituents is 1. The lowest BCUT2D eigenvalue weighted by Crippen LogP contribution is -2.27. The van der Waals surface area contributed by atoms with Gasteiger partial charge in [0.15, 0.2) is 0 Å². The number of hydrogen-bond donors (Lipinski definition) is 2. The summed E-state index contributed by atoms with van der Waals surface area (Å²) in [6, 6.07) is 2.17. The van der Waals surface area contributed by atoms with Crippen molar-refractivity contribution in [1.29, 1.82) is 0 Å². The maximum Gasteiger partial charge on any atom is 0.289 e. The van der Waals surface area contributed by atoms with Crippen molar-refractivity contribution in [2.75, 3.05) is 6.54 Å². The summed E-state index contributed by atoms with van der Waals surface area (Å²) in [7, 11) is -3.88. The van der Waals surface area contributed by atoms with Crippen LogP contribution in [0.15, 0.2) is 17.0 Å². The normalized spacial score (nSPS) is 13.2. The first-order valence-electron chi connectivity index (χ1n) is 5.77. The Balaban J connectivity index is 3.11. The molecule has 1 aromatic carbocycles. The number of aliphatic hydroxyl groups is 1. The Morgan fingerprint density at radius 2 is 2.10 bits per heavy atom. The Kier molecular flexibility index (Phi) is 5.46. The SMILES string of the molecule is Cc1cc(Cl)c([N+](=O)[O-])cc1S(=O)(=O)NCCC(C)O. The van der Waals surface area contributed by atoms with E-state index >= 15 is 0 Å². The molecule has 1 aromatic rings. The van der Waals surface area contributed by atoms with Gasteiger partial charge in [-0.3, -0.25) is 10.1 Å². The number of nitro groups is 1. The van der Waals surface area contributed by atoms with Crippen LogP contribution >= 0.6 is 11.6 Å². The van der Waals surface area contributed by atoms with Crippen LogP contribution in [0.2, 0.25) is 5.02 Å². The first-order valence-corrected chi connectivity index (χ1v) is 7.63. The highest BCUT2D eigenvalue weighted by molar-refractivity contribution is 7.89. The van der Waals surface area contributed by atoms with Gasteiger partial charge in [0.05, 0.1) is 15.9 Å². The number of aliphatic hydroxyl groups excluding tert-OH is 1.